The highest BCUT2D eigenvalue weighted by Gasteiger charge is 2.03. The maximum absolute atomic E-state index is 12.0. The summed E-state index contributed by atoms with van der Waals surface area (Å²) in [5.41, 5.74) is 4.79. The maximum atomic E-state index is 12.0. The minimum absolute atomic E-state index is 0.307. The molecule has 0 saturated heterocycles. The Hall–Kier alpha value is -2.82. The fourth-order valence-corrected chi connectivity index (χ4v) is 2.52. The first-order valence-electron chi connectivity index (χ1n) is 8.16. The molecule has 0 aliphatic heterocycles. The minimum atomic E-state index is -0.307. The monoisotopic (exact) mass is 398 g/mol. The number of nitrogens with zero attached hydrogens (tertiary/aromatic N) is 1. The van der Waals surface area contributed by atoms with Gasteiger partial charge in [0.1, 0.15) is 12.4 Å². The molecule has 0 fully saturated rings. The fraction of sp³-hybridized carbons (Fsp3) is 0.0476. The van der Waals surface area contributed by atoms with Crippen molar-refractivity contribution in [1.82, 2.24) is 5.43 Å². The number of rotatable bonds is 6. The van der Waals surface area contributed by atoms with Gasteiger partial charge in [-0.2, -0.15) is 5.10 Å². The van der Waals surface area contributed by atoms with Crippen LogP contribution in [0.1, 0.15) is 21.5 Å². The van der Waals surface area contributed by atoms with Gasteiger partial charge in [-0.25, -0.2) is 5.43 Å². The van der Waals surface area contributed by atoms with Crippen molar-refractivity contribution in [3.8, 4) is 5.75 Å². The van der Waals surface area contributed by atoms with Gasteiger partial charge in [0.25, 0.3) is 5.91 Å². The van der Waals surface area contributed by atoms with Crippen LogP contribution in [0.3, 0.4) is 0 Å². The summed E-state index contributed by atoms with van der Waals surface area (Å²) >= 11 is 11.7. The van der Waals surface area contributed by atoms with Crippen LogP contribution < -0.4 is 10.2 Å². The number of halogens is 2. The molecule has 1 amide bonds. The molecule has 0 unspecified atom stereocenters. The third-order valence-electron chi connectivity index (χ3n) is 3.66. The molecule has 0 bridgehead atoms. The van der Waals surface area contributed by atoms with Crippen molar-refractivity contribution < 1.29 is 9.53 Å². The van der Waals surface area contributed by atoms with Gasteiger partial charge < -0.3 is 4.74 Å². The molecular formula is C21H16Cl2N2O2. The van der Waals surface area contributed by atoms with Crippen LogP contribution in [0.2, 0.25) is 10.0 Å². The second-order valence-corrected chi connectivity index (χ2v) is 6.57. The van der Waals surface area contributed by atoms with Gasteiger partial charge in [0, 0.05) is 15.6 Å². The summed E-state index contributed by atoms with van der Waals surface area (Å²) in [6, 6.07) is 21.5. The summed E-state index contributed by atoms with van der Waals surface area (Å²) in [5.74, 6) is 0.399. The summed E-state index contributed by atoms with van der Waals surface area (Å²) in [4.78, 5) is 12.0. The Labute approximate surface area is 167 Å². The first-order valence-corrected chi connectivity index (χ1v) is 8.92. The topological polar surface area (TPSA) is 50.7 Å². The number of hydrogen-bond acceptors (Lipinski definition) is 3. The largest absolute Gasteiger partial charge is 0.489 e. The number of hydrogen-bond donors (Lipinski definition) is 1. The van der Waals surface area contributed by atoms with Crippen molar-refractivity contribution in [2.24, 2.45) is 5.10 Å². The highest BCUT2D eigenvalue weighted by Crippen LogP contribution is 2.16. The molecule has 0 aliphatic carbocycles. The summed E-state index contributed by atoms with van der Waals surface area (Å²) < 4.78 is 5.78. The molecule has 1 N–H and O–H groups in total. The quantitative estimate of drug-likeness (QED) is 0.450. The SMILES string of the molecule is O=C(N/N=C/c1cccc(OCc2ccc(Cl)cc2)c1)c1ccc(Cl)cc1. The van der Waals surface area contributed by atoms with Crippen LogP contribution in [0.25, 0.3) is 0 Å². The maximum Gasteiger partial charge on any atom is 0.271 e. The summed E-state index contributed by atoms with van der Waals surface area (Å²) in [6.45, 7) is 0.436. The molecule has 0 saturated carbocycles. The van der Waals surface area contributed by atoms with E-state index in [0.717, 1.165) is 11.1 Å². The number of ether oxygens (including phenoxy) is 1. The molecule has 3 aromatic rings. The standard InChI is InChI=1S/C21H16Cl2N2O2/c22-18-8-4-15(5-9-18)14-27-20-3-1-2-16(12-20)13-24-25-21(26)17-6-10-19(23)11-7-17/h1-13H,14H2,(H,25,26)/b24-13+. The second kappa shape index (κ2) is 9.21. The second-order valence-electron chi connectivity index (χ2n) is 5.69. The van der Waals surface area contributed by atoms with E-state index >= 15 is 0 Å². The number of amides is 1. The Bertz CT molecular complexity index is 939. The van der Waals surface area contributed by atoms with E-state index in [0.29, 0.717) is 28.0 Å². The third-order valence-corrected chi connectivity index (χ3v) is 4.17. The van der Waals surface area contributed by atoms with Crippen molar-refractivity contribution in [2.75, 3.05) is 0 Å². The number of carbonyl (C=O) groups is 1. The molecule has 0 aromatic heterocycles. The molecule has 136 valence electrons. The van der Waals surface area contributed by atoms with E-state index in [1.54, 1.807) is 30.5 Å². The molecule has 3 aromatic carbocycles. The van der Waals surface area contributed by atoms with Gasteiger partial charge in [-0.05, 0) is 59.7 Å². The Morgan fingerprint density at radius 3 is 2.33 bits per heavy atom. The van der Waals surface area contributed by atoms with E-state index in [4.69, 9.17) is 27.9 Å². The predicted molar refractivity (Wildman–Crippen MR) is 109 cm³/mol. The summed E-state index contributed by atoms with van der Waals surface area (Å²) in [5, 5.41) is 5.25. The Balaban J connectivity index is 1.56. The molecule has 0 aliphatic rings. The molecule has 0 radical (unpaired) electrons. The zero-order chi connectivity index (χ0) is 19.1. The van der Waals surface area contributed by atoms with Crippen LogP contribution in [-0.2, 0) is 6.61 Å². The average molecular weight is 399 g/mol. The van der Waals surface area contributed by atoms with Crippen molar-refractivity contribution in [3.63, 3.8) is 0 Å². The first-order chi connectivity index (χ1) is 13.1. The Morgan fingerprint density at radius 1 is 0.963 bits per heavy atom. The zero-order valence-electron chi connectivity index (χ0n) is 14.2. The normalized spacial score (nSPS) is 10.7. The van der Waals surface area contributed by atoms with Gasteiger partial charge in [0.2, 0.25) is 0 Å². The lowest BCUT2D eigenvalue weighted by Gasteiger charge is -2.07. The van der Waals surface area contributed by atoms with E-state index in [1.165, 1.54) is 0 Å². The molecule has 6 heteroatoms. The molecule has 4 nitrogen and oxygen atoms in total. The lowest BCUT2D eigenvalue weighted by molar-refractivity contribution is 0.0955. The smallest absolute Gasteiger partial charge is 0.271 e. The van der Waals surface area contributed by atoms with Gasteiger partial charge in [-0.3, -0.25) is 4.79 Å². The van der Waals surface area contributed by atoms with Crippen molar-refractivity contribution in [2.45, 2.75) is 6.61 Å². The average Bonchev–Trinajstić information content (AvgIpc) is 2.68. The highest BCUT2D eigenvalue weighted by atomic mass is 35.5. The molecular weight excluding hydrogens is 383 g/mol. The minimum Gasteiger partial charge on any atom is -0.489 e. The Morgan fingerprint density at radius 2 is 1.63 bits per heavy atom. The van der Waals surface area contributed by atoms with Crippen molar-refractivity contribution >= 4 is 35.3 Å². The zero-order valence-corrected chi connectivity index (χ0v) is 15.7. The molecule has 27 heavy (non-hydrogen) atoms. The van der Waals surface area contributed by atoms with E-state index in [-0.39, 0.29) is 5.91 Å². The number of carbonyl (C=O) groups excluding carboxylic acids is 1. The molecule has 0 spiro atoms. The van der Waals surface area contributed by atoms with Crippen LogP contribution >= 0.6 is 23.2 Å². The van der Waals surface area contributed by atoms with Gasteiger partial charge in [0.15, 0.2) is 0 Å². The van der Waals surface area contributed by atoms with Gasteiger partial charge in [-0.1, -0.05) is 47.5 Å². The van der Waals surface area contributed by atoms with Gasteiger partial charge >= 0.3 is 0 Å². The van der Waals surface area contributed by atoms with E-state index < -0.39 is 0 Å². The number of hydrazone groups is 1. The van der Waals surface area contributed by atoms with Crippen LogP contribution in [0, 0.1) is 0 Å². The highest BCUT2D eigenvalue weighted by molar-refractivity contribution is 6.30. The van der Waals surface area contributed by atoms with Crippen LogP contribution in [0.5, 0.6) is 5.75 Å². The van der Waals surface area contributed by atoms with Crippen LogP contribution in [0.15, 0.2) is 77.9 Å². The van der Waals surface area contributed by atoms with Gasteiger partial charge in [-0.15, -0.1) is 0 Å². The lowest BCUT2D eigenvalue weighted by Crippen LogP contribution is -2.17. The first kappa shape index (κ1) is 19.0. The third kappa shape index (κ3) is 5.84. The lowest BCUT2D eigenvalue weighted by atomic mass is 10.2. The summed E-state index contributed by atoms with van der Waals surface area (Å²) in [7, 11) is 0. The van der Waals surface area contributed by atoms with E-state index in [2.05, 4.69) is 10.5 Å². The van der Waals surface area contributed by atoms with E-state index in [1.807, 2.05) is 48.5 Å². The van der Waals surface area contributed by atoms with Crippen molar-refractivity contribution in [3.05, 3.63) is 99.5 Å². The molecule has 0 atom stereocenters. The summed E-state index contributed by atoms with van der Waals surface area (Å²) in [6.07, 6.45) is 1.56. The van der Waals surface area contributed by atoms with Crippen molar-refractivity contribution in [1.29, 1.82) is 0 Å². The number of nitrogens with one attached hydrogen (secondary N) is 1. The predicted octanol–water partition coefficient (Wildman–Crippen LogP) is 5.34. The van der Waals surface area contributed by atoms with Crippen LogP contribution in [-0.4, -0.2) is 12.1 Å². The fourth-order valence-electron chi connectivity index (χ4n) is 2.26. The number of benzene rings is 3. The molecule has 3 rings (SSSR count). The van der Waals surface area contributed by atoms with E-state index in [9.17, 15) is 4.79 Å². The Kier molecular flexibility index (Phi) is 6.47. The van der Waals surface area contributed by atoms with Gasteiger partial charge in [0.05, 0.1) is 6.21 Å². The molecule has 0 heterocycles. The van der Waals surface area contributed by atoms with Crippen LogP contribution in [0.4, 0.5) is 0 Å².